The molecule has 4 aromatic rings. The number of esters is 1. The minimum Gasteiger partial charge on any atom is -0.448 e. The Morgan fingerprint density at radius 2 is 1.71 bits per heavy atom. The average Bonchev–Trinajstić information content (AvgIpc) is 3.22. The normalized spacial score (nSPS) is 12.1. The molecule has 0 bridgehead atoms. The van der Waals surface area contributed by atoms with E-state index in [9.17, 15) is 9.59 Å². The van der Waals surface area contributed by atoms with Crippen LogP contribution in [0, 0.1) is 0 Å². The predicted molar refractivity (Wildman–Crippen MR) is 101 cm³/mol. The maximum Gasteiger partial charge on any atom is 0.360 e. The van der Waals surface area contributed by atoms with E-state index in [2.05, 4.69) is 15.3 Å². The first kappa shape index (κ1) is 17.6. The Morgan fingerprint density at radius 1 is 1.04 bits per heavy atom. The summed E-state index contributed by atoms with van der Waals surface area (Å²) in [7, 11) is 1.49. The van der Waals surface area contributed by atoms with Crippen LogP contribution in [0.5, 0.6) is 0 Å². The molecule has 2 heterocycles. The Hall–Kier alpha value is -3.81. The van der Waals surface area contributed by atoms with Crippen molar-refractivity contribution in [3.63, 3.8) is 0 Å². The Morgan fingerprint density at radius 3 is 2.46 bits per heavy atom. The molecule has 8 heteroatoms. The zero-order valence-corrected chi connectivity index (χ0v) is 15.2. The molecule has 0 saturated carbocycles. The van der Waals surface area contributed by atoms with Gasteiger partial charge in [-0.2, -0.15) is 5.10 Å². The number of hydrogen-bond donors (Lipinski definition) is 0. The third kappa shape index (κ3) is 3.16. The predicted octanol–water partition coefficient (Wildman–Crippen LogP) is 2.90. The molecular weight excluding hydrogens is 360 g/mol. The number of rotatable bonds is 4. The van der Waals surface area contributed by atoms with Crippen LogP contribution >= 0.6 is 0 Å². The van der Waals surface area contributed by atoms with Gasteiger partial charge >= 0.3 is 5.97 Å². The number of carbonyl (C=O) groups is 1. The summed E-state index contributed by atoms with van der Waals surface area (Å²) in [6.45, 7) is 1.63. The summed E-state index contributed by atoms with van der Waals surface area (Å²) in [6.07, 6.45) is -0.782. The molecule has 0 saturated heterocycles. The van der Waals surface area contributed by atoms with Crippen LogP contribution in [0.4, 0.5) is 0 Å². The molecule has 0 aliphatic heterocycles. The Labute approximate surface area is 159 Å². The van der Waals surface area contributed by atoms with Crippen molar-refractivity contribution < 1.29 is 13.9 Å². The van der Waals surface area contributed by atoms with Gasteiger partial charge < -0.3 is 9.15 Å². The lowest BCUT2D eigenvalue weighted by Crippen LogP contribution is -2.24. The molecule has 0 spiro atoms. The standard InChI is InChI=1S/C20H16N4O4/c1-12(17-21-22-18(28-17)13-8-4-3-5-9-13)27-20(26)16-14-10-6-7-11-15(14)19(25)24(2)23-16/h3-12H,1-2H3. The summed E-state index contributed by atoms with van der Waals surface area (Å²) in [4.78, 5) is 24.9. The molecule has 0 radical (unpaired) electrons. The van der Waals surface area contributed by atoms with Gasteiger partial charge in [-0.15, -0.1) is 10.2 Å². The number of nitrogens with zero attached hydrogens (tertiary/aromatic N) is 4. The monoisotopic (exact) mass is 376 g/mol. The molecule has 4 rings (SSSR count). The lowest BCUT2D eigenvalue weighted by molar-refractivity contribution is 0.0273. The molecule has 0 amide bonds. The van der Waals surface area contributed by atoms with Gasteiger partial charge in [0, 0.05) is 18.0 Å². The van der Waals surface area contributed by atoms with Crippen LogP contribution in [0.15, 0.2) is 63.8 Å². The molecule has 2 aromatic heterocycles. The summed E-state index contributed by atoms with van der Waals surface area (Å²) in [5.41, 5.74) is 0.530. The van der Waals surface area contributed by atoms with Crippen LogP contribution in [0.2, 0.25) is 0 Å². The second-order valence-electron chi connectivity index (χ2n) is 6.18. The Bertz CT molecular complexity index is 1210. The topological polar surface area (TPSA) is 100 Å². The zero-order chi connectivity index (χ0) is 19.7. The van der Waals surface area contributed by atoms with Gasteiger partial charge in [0.05, 0.1) is 5.39 Å². The summed E-state index contributed by atoms with van der Waals surface area (Å²) in [6, 6.07) is 16.0. The first-order chi connectivity index (χ1) is 13.5. The van der Waals surface area contributed by atoms with E-state index in [1.54, 1.807) is 31.2 Å². The van der Waals surface area contributed by atoms with Crippen LogP contribution in [0.25, 0.3) is 22.2 Å². The number of aryl methyl sites for hydroxylation is 1. The Kier molecular flexibility index (Phi) is 4.44. The highest BCUT2D eigenvalue weighted by Gasteiger charge is 2.23. The third-order valence-electron chi connectivity index (χ3n) is 4.24. The first-order valence-electron chi connectivity index (χ1n) is 8.60. The Balaban J connectivity index is 1.61. The van der Waals surface area contributed by atoms with Gasteiger partial charge in [0.15, 0.2) is 11.8 Å². The minimum absolute atomic E-state index is 0.0485. The highest BCUT2D eigenvalue weighted by atomic mass is 16.6. The van der Waals surface area contributed by atoms with E-state index in [1.807, 2.05) is 30.3 Å². The van der Waals surface area contributed by atoms with Crippen LogP contribution in [-0.4, -0.2) is 25.9 Å². The number of carbonyl (C=O) groups excluding carboxylic acids is 1. The molecule has 0 N–H and O–H groups in total. The van der Waals surface area contributed by atoms with Gasteiger partial charge in [-0.05, 0) is 25.1 Å². The molecule has 0 fully saturated rings. The van der Waals surface area contributed by atoms with Gasteiger partial charge in [0.1, 0.15) is 0 Å². The van der Waals surface area contributed by atoms with Gasteiger partial charge in [-0.3, -0.25) is 4.79 Å². The second-order valence-corrected chi connectivity index (χ2v) is 6.18. The van der Waals surface area contributed by atoms with E-state index < -0.39 is 12.1 Å². The molecule has 2 aromatic carbocycles. The zero-order valence-electron chi connectivity index (χ0n) is 15.2. The molecule has 0 aliphatic rings. The smallest absolute Gasteiger partial charge is 0.360 e. The van der Waals surface area contributed by atoms with Crippen molar-refractivity contribution in [1.29, 1.82) is 0 Å². The molecule has 0 aliphatic carbocycles. The van der Waals surface area contributed by atoms with Gasteiger partial charge in [-0.1, -0.05) is 36.4 Å². The van der Waals surface area contributed by atoms with Crippen molar-refractivity contribution >= 4 is 16.7 Å². The van der Waals surface area contributed by atoms with Gasteiger partial charge in [-0.25, -0.2) is 9.48 Å². The van der Waals surface area contributed by atoms with Crippen molar-refractivity contribution in [2.75, 3.05) is 0 Å². The van der Waals surface area contributed by atoms with Crippen molar-refractivity contribution in [3.05, 3.63) is 76.5 Å². The molecule has 1 atom stereocenters. The molecule has 8 nitrogen and oxygen atoms in total. The maximum absolute atomic E-state index is 12.7. The number of hydrogen-bond acceptors (Lipinski definition) is 7. The minimum atomic E-state index is -0.782. The van der Waals surface area contributed by atoms with Crippen molar-refractivity contribution in [2.45, 2.75) is 13.0 Å². The largest absolute Gasteiger partial charge is 0.448 e. The van der Waals surface area contributed by atoms with E-state index in [1.165, 1.54) is 7.05 Å². The fourth-order valence-electron chi connectivity index (χ4n) is 2.81. The van der Waals surface area contributed by atoms with Crippen LogP contribution < -0.4 is 5.56 Å². The van der Waals surface area contributed by atoms with Crippen molar-refractivity contribution in [1.82, 2.24) is 20.0 Å². The second kappa shape index (κ2) is 7.07. The average molecular weight is 376 g/mol. The van der Waals surface area contributed by atoms with Gasteiger partial charge in [0.25, 0.3) is 11.4 Å². The van der Waals surface area contributed by atoms with E-state index in [0.29, 0.717) is 16.7 Å². The first-order valence-corrected chi connectivity index (χ1v) is 8.60. The van der Waals surface area contributed by atoms with Crippen LogP contribution in [0.1, 0.15) is 29.4 Å². The molecule has 140 valence electrons. The van der Waals surface area contributed by atoms with Gasteiger partial charge in [0.2, 0.25) is 5.89 Å². The summed E-state index contributed by atoms with van der Waals surface area (Å²) >= 11 is 0. The molecular formula is C20H16N4O4. The lowest BCUT2D eigenvalue weighted by Gasteiger charge is -2.11. The van der Waals surface area contributed by atoms with E-state index in [4.69, 9.17) is 9.15 Å². The fraction of sp³-hybridized carbons (Fsp3) is 0.150. The highest BCUT2D eigenvalue weighted by molar-refractivity contribution is 6.02. The van der Waals surface area contributed by atoms with Crippen molar-refractivity contribution in [3.8, 4) is 11.5 Å². The van der Waals surface area contributed by atoms with E-state index in [-0.39, 0.29) is 17.1 Å². The summed E-state index contributed by atoms with van der Waals surface area (Å²) in [5, 5.41) is 12.8. The summed E-state index contributed by atoms with van der Waals surface area (Å²) in [5.74, 6) is -0.177. The fourth-order valence-corrected chi connectivity index (χ4v) is 2.81. The SMILES string of the molecule is CC(OC(=O)c1nn(C)c(=O)c2ccccc12)c1nnc(-c2ccccc2)o1. The van der Waals surface area contributed by atoms with Crippen LogP contribution in [-0.2, 0) is 11.8 Å². The lowest BCUT2D eigenvalue weighted by atomic mass is 10.1. The van der Waals surface area contributed by atoms with E-state index in [0.717, 1.165) is 10.2 Å². The van der Waals surface area contributed by atoms with Crippen molar-refractivity contribution in [2.24, 2.45) is 7.05 Å². The summed E-state index contributed by atoms with van der Waals surface area (Å²) < 4.78 is 12.2. The number of benzene rings is 2. The molecule has 1 unspecified atom stereocenters. The number of ether oxygens (including phenoxy) is 1. The van der Waals surface area contributed by atoms with Crippen LogP contribution in [0.3, 0.4) is 0 Å². The van der Waals surface area contributed by atoms with E-state index >= 15 is 0 Å². The molecule has 28 heavy (non-hydrogen) atoms. The number of aromatic nitrogens is 4. The number of fused-ring (bicyclic) bond motifs is 1. The maximum atomic E-state index is 12.7. The quantitative estimate of drug-likeness (QED) is 0.505. The third-order valence-corrected chi connectivity index (χ3v) is 4.24. The highest BCUT2D eigenvalue weighted by Crippen LogP contribution is 2.23.